The molecule has 0 heterocycles. The van der Waals surface area contributed by atoms with E-state index in [-0.39, 0.29) is 40.6 Å². The summed E-state index contributed by atoms with van der Waals surface area (Å²) in [5, 5.41) is 4.45. The van der Waals surface area contributed by atoms with Gasteiger partial charge < -0.3 is 37.2 Å². The molecule has 0 aromatic heterocycles. The van der Waals surface area contributed by atoms with Crippen molar-refractivity contribution in [1.29, 1.82) is 0 Å². The SMILES string of the molecule is CC1=CC=C[C]1([Ti+3])[Si](c1cccc(C)c1)(c1cccc(C)c1)c1cccc(C)c1.[Cl-].[Cl-].[Cl-]. The first kappa shape index (κ1) is 29.0. The van der Waals surface area contributed by atoms with Crippen LogP contribution in [0.25, 0.3) is 0 Å². The van der Waals surface area contributed by atoms with Gasteiger partial charge >= 0.3 is 188 Å². The number of hydrogen-bond donors (Lipinski definition) is 0. The molecular formula is C27H27Cl3SiTi. The van der Waals surface area contributed by atoms with Gasteiger partial charge in [0.1, 0.15) is 0 Å². The predicted molar refractivity (Wildman–Crippen MR) is 124 cm³/mol. The summed E-state index contributed by atoms with van der Waals surface area (Å²) < 4.78 is -0.0254. The van der Waals surface area contributed by atoms with Crippen molar-refractivity contribution in [3.05, 3.63) is 113 Å². The second-order valence-corrected chi connectivity index (χ2v) is 14.4. The Balaban J connectivity index is 0.00000171. The Hall–Kier alpha value is -1.06. The topological polar surface area (TPSA) is 0 Å². The molecule has 0 amide bonds. The van der Waals surface area contributed by atoms with Crippen molar-refractivity contribution in [2.45, 2.75) is 31.0 Å². The molecular weight excluding hydrogens is 507 g/mol. The summed E-state index contributed by atoms with van der Waals surface area (Å²) in [6.07, 6.45) is 7.03. The molecule has 0 nitrogen and oxygen atoms in total. The minimum atomic E-state index is -2.43. The molecule has 1 atom stereocenters. The van der Waals surface area contributed by atoms with Gasteiger partial charge in [0.25, 0.3) is 0 Å². The molecule has 3 aromatic rings. The van der Waals surface area contributed by atoms with Gasteiger partial charge in [-0.05, 0) is 0 Å². The van der Waals surface area contributed by atoms with Crippen molar-refractivity contribution >= 4 is 23.6 Å². The maximum absolute atomic E-state index is 2.46. The molecule has 32 heavy (non-hydrogen) atoms. The van der Waals surface area contributed by atoms with Crippen LogP contribution in [0.5, 0.6) is 0 Å². The van der Waals surface area contributed by atoms with Gasteiger partial charge in [0, 0.05) is 0 Å². The molecule has 5 heteroatoms. The van der Waals surface area contributed by atoms with E-state index in [0.717, 1.165) is 0 Å². The zero-order valence-electron chi connectivity index (χ0n) is 18.8. The first-order chi connectivity index (χ1) is 13.9. The summed E-state index contributed by atoms with van der Waals surface area (Å²) in [7, 11) is -2.43. The summed E-state index contributed by atoms with van der Waals surface area (Å²) >= 11 is 2.46. The van der Waals surface area contributed by atoms with E-state index in [2.05, 4.69) is 139 Å². The molecule has 0 bridgehead atoms. The molecule has 0 N–H and O–H groups in total. The molecule has 0 fully saturated rings. The largest absolute Gasteiger partial charge is 1.00 e. The van der Waals surface area contributed by atoms with Crippen LogP contribution in [-0.4, -0.2) is 8.07 Å². The van der Waals surface area contributed by atoms with Gasteiger partial charge in [-0.25, -0.2) is 0 Å². The molecule has 0 saturated carbocycles. The molecule has 0 radical (unpaired) electrons. The van der Waals surface area contributed by atoms with Gasteiger partial charge in [0.05, 0.1) is 0 Å². The first-order valence-corrected chi connectivity index (χ1v) is 13.0. The minimum absolute atomic E-state index is 0. The number of halogens is 3. The van der Waals surface area contributed by atoms with Crippen molar-refractivity contribution < 1.29 is 57.7 Å². The van der Waals surface area contributed by atoms with Gasteiger partial charge in [0.15, 0.2) is 0 Å². The summed E-state index contributed by atoms with van der Waals surface area (Å²) in [6.45, 7) is 8.95. The van der Waals surface area contributed by atoms with E-state index in [0.29, 0.717) is 0 Å². The predicted octanol–water partition coefficient (Wildman–Crippen LogP) is -4.15. The average molecular weight is 534 g/mol. The molecule has 3 aromatic carbocycles. The van der Waals surface area contributed by atoms with Gasteiger partial charge in [-0.1, -0.05) is 0 Å². The summed E-state index contributed by atoms with van der Waals surface area (Å²) in [6, 6.07) is 27.7. The molecule has 4 rings (SSSR count). The minimum Gasteiger partial charge on any atom is -1.00 e. The maximum atomic E-state index is 2.46. The Morgan fingerprint density at radius 3 is 1.28 bits per heavy atom. The smallest absolute Gasteiger partial charge is 1.00 e. The van der Waals surface area contributed by atoms with E-state index in [1.807, 2.05) is 0 Å². The number of benzene rings is 3. The van der Waals surface area contributed by atoms with Crippen LogP contribution in [0.3, 0.4) is 0 Å². The van der Waals surface area contributed by atoms with Crippen LogP contribution in [0.4, 0.5) is 0 Å². The molecule has 0 spiro atoms. The van der Waals surface area contributed by atoms with Crippen LogP contribution >= 0.6 is 0 Å². The summed E-state index contributed by atoms with van der Waals surface area (Å²) in [5.74, 6) is 0. The van der Waals surface area contributed by atoms with E-state index in [4.69, 9.17) is 0 Å². The normalized spacial score (nSPS) is 17.0. The second-order valence-electron chi connectivity index (χ2n) is 8.38. The second kappa shape index (κ2) is 11.4. The van der Waals surface area contributed by atoms with E-state index < -0.39 is 8.07 Å². The fraction of sp³-hybridized carbons (Fsp3) is 0.185. The van der Waals surface area contributed by atoms with Gasteiger partial charge in [-0.3, -0.25) is 0 Å². The van der Waals surface area contributed by atoms with Crippen molar-refractivity contribution in [3.8, 4) is 0 Å². The Kier molecular flexibility index (Phi) is 10.3. The Bertz CT molecular complexity index is 1030. The van der Waals surface area contributed by atoms with Crippen LogP contribution in [0.2, 0.25) is 3.34 Å². The van der Waals surface area contributed by atoms with Crippen molar-refractivity contribution in [2.24, 2.45) is 0 Å². The van der Waals surface area contributed by atoms with Gasteiger partial charge in [-0.15, -0.1) is 0 Å². The molecule has 0 aliphatic heterocycles. The third kappa shape index (κ3) is 4.75. The Morgan fingerprint density at radius 1 is 0.625 bits per heavy atom. The number of allylic oxidation sites excluding steroid dienone is 4. The Labute approximate surface area is 224 Å². The van der Waals surface area contributed by atoms with Crippen LogP contribution in [0, 0.1) is 20.8 Å². The zero-order valence-corrected chi connectivity index (χ0v) is 23.6. The fourth-order valence-corrected chi connectivity index (χ4v) is 12.9. The summed E-state index contributed by atoms with van der Waals surface area (Å²) in [5.41, 5.74) is 5.43. The third-order valence-corrected chi connectivity index (χ3v) is 14.2. The number of hydrogen-bond acceptors (Lipinski definition) is 0. The standard InChI is InChI=1S/C27H27Si.3ClH.Ti/c1-20-9-5-13-24(17-20)28(27-16-8-12-23(27)4,25-14-6-10-21(2)18-25)26-15-7-11-22(3)19-26;;;;/h5-19H,1-4H3;3*1H;/q;;;;+3/p-3. The van der Waals surface area contributed by atoms with Crippen LogP contribution in [0.1, 0.15) is 23.6 Å². The molecule has 1 aliphatic rings. The van der Waals surface area contributed by atoms with E-state index in [1.165, 1.54) is 37.8 Å². The van der Waals surface area contributed by atoms with Crippen LogP contribution < -0.4 is 52.8 Å². The van der Waals surface area contributed by atoms with E-state index in [9.17, 15) is 0 Å². The summed E-state index contributed by atoms with van der Waals surface area (Å²) in [4.78, 5) is 0. The quantitative estimate of drug-likeness (QED) is 0.236. The van der Waals surface area contributed by atoms with Gasteiger partial charge in [0.2, 0.25) is 0 Å². The van der Waals surface area contributed by atoms with Crippen LogP contribution in [0.15, 0.2) is 96.6 Å². The number of aryl methyl sites for hydroxylation is 3. The first-order valence-electron chi connectivity index (χ1n) is 10.2. The van der Waals surface area contributed by atoms with Crippen molar-refractivity contribution in [2.75, 3.05) is 0 Å². The van der Waals surface area contributed by atoms with E-state index >= 15 is 0 Å². The average Bonchev–Trinajstić information content (AvgIpc) is 3.02. The molecule has 1 unspecified atom stereocenters. The third-order valence-electron chi connectivity index (χ3n) is 6.26. The van der Waals surface area contributed by atoms with E-state index in [1.54, 1.807) is 0 Å². The fourth-order valence-electron chi connectivity index (χ4n) is 4.84. The van der Waals surface area contributed by atoms with Crippen molar-refractivity contribution in [1.82, 2.24) is 0 Å². The monoisotopic (exact) mass is 532 g/mol. The molecule has 1 aliphatic carbocycles. The maximum Gasteiger partial charge on any atom is -1.00 e. The van der Waals surface area contributed by atoms with Gasteiger partial charge in [-0.2, -0.15) is 0 Å². The van der Waals surface area contributed by atoms with Crippen molar-refractivity contribution in [3.63, 3.8) is 0 Å². The molecule has 164 valence electrons. The molecule has 0 saturated heterocycles. The number of rotatable bonds is 4. The Morgan fingerprint density at radius 2 is 1.00 bits per heavy atom. The van der Waals surface area contributed by atoms with Crippen LogP contribution in [-0.2, 0) is 20.4 Å². The zero-order chi connectivity index (χ0) is 20.6.